The predicted molar refractivity (Wildman–Crippen MR) is 83.6 cm³/mol. The maximum absolute atomic E-state index is 12.0. The molecule has 0 aliphatic carbocycles. The molecule has 1 heterocycles. The fourth-order valence-corrected chi connectivity index (χ4v) is 2.71. The number of unbranched alkanes of at least 4 members (excludes halogenated alkanes) is 2. The van der Waals surface area contributed by atoms with Crippen molar-refractivity contribution < 1.29 is 4.79 Å². The molecule has 109 valence electrons. The van der Waals surface area contributed by atoms with E-state index in [0.717, 1.165) is 12.8 Å². The van der Waals surface area contributed by atoms with Gasteiger partial charge in [0, 0.05) is 17.7 Å². The van der Waals surface area contributed by atoms with E-state index in [9.17, 15) is 4.79 Å². The largest absolute Gasteiger partial charge is 0.398 e. The number of anilines is 1. The zero-order chi connectivity index (χ0) is 14.2. The summed E-state index contributed by atoms with van der Waals surface area (Å²) in [6.45, 7) is 3.59. The van der Waals surface area contributed by atoms with Crippen LogP contribution in [-0.4, -0.2) is 30.3 Å². The summed E-state index contributed by atoms with van der Waals surface area (Å²) in [7, 11) is 0. The van der Waals surface area contributed by atoms with Gasteiger partial charge in [-0.3, -0.25) is 4.79 Å². The van der Waals surface area contributed by atoms with E-state index < -0.39 is 0 Å². The summed E-state index contributed by atoms with van der Waals surface area (Å²) in [5, 5.41) is 0. The number of likely N-dealkylation sites (tertiary alicyclic amines) is 1. The molecule has 0 bridgehead atoms. The van der Waals surface area contributed by atoms with Crippen LogP contribution in [0.5, 0.6) is 0 Å². The van der Waals surface area contributed by atoms with Gasteiger partial charge in [0.15, 0.2) is 5.78 Å². The SMILES string of the molecule is Nc1ccccc1C(=O)CCCCCN1CC[CH]CC1. The maximum atomic E-state index is 12.0. The Morgan fingerprint density at radius 1 is 1.10 bits per heavy atom. The molecule has 1 radical (unpaired) electrons. The van der Waals surface area contributed by atoms with Gasteiger partial charge in [0.25, 0.3) is 0 Å². The smallest absolute Gasteiger partial charge is 0.164 e. The summed E-state index contributed by atoms with van der Waals surface area (Å²) in [4.78, 5) is 14.6. The van der Waals surface area contributed by atoms with Crippen LogP contribution in [-0.2, 0) is 0 Å². The van der Waals surface area contributed by atoms with Crippen LogP contribution in [0.2, 0.25) is 0 Å². The highest BCUT2D eigenvalue weighted by Gasteiger charge is 2.10. The number of benzene rings is 1. The minimum atomic E-state index is 0.177. The number of carbonyl (C=O) groups is 1. The summed E-state index contributed by atoms with van der Waals surface area (Å²) in [6.07, 6.45) is 8.72. The molecular weight excluding hydrogens is 248 g/mol. The average Bonchev–Trinajstić information content (AvgIpc) is 2.48. The normalized spacial score (nSPS) is 16.2. The number of rotatable bonds is 7. The van der Waals surface area contributed by atoms with Crippen LogP contribution in [0.1, 0.15) is 48.9 Å². The van der Waals surface area contributed by atoms with E-state index in [1.54, 1.807) is 6.07 Å². The molecule has 0 spiro atoms. The molecule has 0 aromatic heterocycles. The number of hydrogen-bond acceptors (Lipinski definition) is 3. The summed E-state index contributed by atoms with van der Waals surface area (Å²) in [5.41, 5.74) is 7.10. The van der Waals surface area contributed by atoms with Crippen molar-refractivity contribution in [2.24, 2.45) is 0 Å². The molecule has 20 heavy (non-hydrogen) atoms. The fourth-order valence-electron chi connectivity index (χ4n) is 2.71. The standard InChI is InChI=1S/C17H25N2O/c18-16-10-5-4-9-15(16)17(20)11-3-1-6-12-19-13-7-2-8-14-19/h2,4-5,9-10H,1,3,6-8,11-14,18H2. The number of para-hydroxylation sites is 1. The van der Waals surface area contributed by atoms with Crippen LogP contribution in [0.15, 0.2) is 24.3 Å². The lowest BCUT2D eigenvalue weighted by Gasteiger charge is -2.26. The van der Waals surface area contributed by atoms with E-state index in [1.807, 2.05) is 18.2 Å². The van der Waals surface area contributed by atoms with Crippen LogP contribution in [0.25, 0.3) is 0 Å². The number of ketones is 1. The van der Waals surface area contributed by atoms with Gasteiger partial charge >= 0.3 is 0 Å². The molecule has 0 amide bonds. The number of nitrogen functional groups attached to an aromatic ring is 1. The Morgan fingerprint density at radius 3 is 2.60 bits per heavy atom. The minimum absolute atomic E-state index is 0.177. The van der Waals surface area contributed by atoms with Gasteiger partial charge in [0.2, 0.25) is 0 Å². The second-order valence-corrected chi connectivity index (χ2v) is 5.53. The predicted octanol–water partition coefficient (Wildman–Crippen LogP) is 3.31. The van der Waals surface area contributed by atoms with Crippen LogP contribution in [0.4, 0.5) is 5.69 Å². The van der Waals surface area contributed by atoms with E-state index in [2.05, 4.69) is 11.3 Å². The van der Waals surface area contributed by atoms with Gasteiger partial charge in [-0.25, -0.2) is 0 Å². The third-order valence-electron chi connectivity index (χ3n) is 3.94. The fraction of sp³-hybridized carbons (Fsp3) is 0.529. The zero-order valence-electron chi connectivity index (χ0n) is 12.2. The van der Waals surface area contributed by atoms with Gasteiger partial charge in [-0.1, -0.05) is 18.6 Å². The zero-order valence-corrected chi connectivity index (χ0v) is 12.2. The molecule has 2 N–H and O–H groups in total. The highest BCUT2D eigenvalue weighted by atomic mass is 16.1. The van der Waals surface area contributed by atoms with Crippen molar-refractivity contribution in [3.05, 3.63) is 36.2 Å². The van der Waals surface area contributed by atoms with Crippen molar-refractivity contribution in [1.29, 1.82) is 0 Å². The second kappa shape index (κ2) is 8.05. The average molecular weight is 273 g/mol. The third-order valence-corrected chi connectivity index (χ3v) is 3.94. The molecule has 2 rings (SSSR count). The Labute approximate surface area is 122 Å². The second-order valence-electron chi connectivity index (χ2n) is 5.53. The number of piperidine rings is 1. The molecule has 0 saturated carbocycles. The Balaban J connectivity index is 1.61. The quantitative estimate of drug-likeness (QED) is 0.471. The lowest BCUT2D eigenvalue weighted by molar-refractivity contribution is 0.0979. The van der Waals surface area contributed by atoms with Crippen molar-refractivity contribution in [3.63, 3.8) is 0 Å². The lowest BCUT2D eigenvalue weighted by Crippen LogP contribution is -2.30. The van der Waals surface area contributed by atoms with Crippen molar-refractivity contribution in [1.82, 2.24) is 4.90 Å². The van der Waals surface area contributed by atoms with Crippen LogP contribution >= 0.6 is 0 Å². The summed E-state index contributed by atoms with van der Waals surface area (Å²) in [5.74, 6) is 0.177. The van der Waals surface area contributed by atoms with Crippen molar-refractivity contribution in [2.45, 2.75) is 38.5 Å². The van der Waals surface area contributed by atoms with Crippen molar-refractivity contribution >= 4 is 11.5 Å². The van der Waals surface area contributed by atoms with Gasteiger partial charge < -0.3 is 10.6 Å². The molecular formula is C17H25N2O. The number of carbonyl (C=O) groups excluding carboxylic acids is 1. The number of Topliss-reactive ketones (excluding diaryl/α,β-unsaturated/α-hetero) is 1. The lowest BCUT2D eigenvalue weighted by atomic mass is 10.0. The molecule has 1 aliphatic heterocycles. The first kappa shape index (κ1) is 15.0. The molecule has 1 aromatic carbocycles. The first-order valence-electron chi connectivity index (χ1n) is 7.69. The highest BCUT2D eigenvalue weighted by molar-refractivity contribution is 6.00. The van der Waals surface area contributed by atoms with Crippen molar-refractivity contribution in [2.75, 3.05) is 25.4 Å². The first-order chi connectivity index (χ1) is 9.77. The van der Waals surface area contributed by atoms with Crippen molar-refractivity contribution in [3.8, 4) is 0 Å². The van der Waals surface area contributed by atoms with Gasteiger partial charge in [0.1, 0.15) is 0 Å². The summed E-state index contributed by atoms with van der Waals surface area (Å²) < 4.78 is 0. The third kappa shape index (κ3) is 4.64. The Kier molecular flexibility index (Phi) is 6.06. The van der Waals surface area contributed by atoms with Gasteiger partial charge in [-0.05, 0) is 63.9 Å². The topological polar surface area (TPSA) is 46.3 Å². The monoisotopic (exact) mass is 273 g/mol. The van der Waals surface area contributed by atoms with Crippen LogP contribution in [0.3, 0.4) is 0 Å². The molecule has 1 saturated heterocycles. The maximum Gasteiger partial charge on any atom is 0.164 e. The molecule has 1 aliphatic rings. The molecule has 3 nitrogen and oxygen atoms in total. The molecule has 1 aromatic rings. The van der Waals surface area contributed by atoms with Gasteiger partial charge in [0.05, 0.1) is 0 Å². The molecule has 1 fully saturated rings. The molecule has 3 heteroatoms. The molecule has 0 atom stereocenters. The minimum Gasteiger partial charge on any atom is -0.398 e. The van der Waals surface area contributed by atoms with E-state index in [-0.39, 0.29) is 5.78 Å². The Bertz CT molecular complexity index is 425. The first-order valence-corrected chi connectivity index (χ1v) is 7.69. The summed E-state index contributed by atoms with van der Waals surface area (Å²) >= 11 is 0. The van der Waals surface area contributed by atoms with E-state index in [0.29, 0.717) is 17.7 Å². The number of hydrogen-bond donors (Lipinski definition) is 1. The van der Waals surface area contributed by atoms with Gasteiger partial charge in [-0.2, -0.15) is 0 Å². The number of nitrogens with zero attached hydrogens (tertiary/aromatic N) is 1. The Morgan fingerprint density at radius 2 is 1.85 bits per heavy atom. The number of nitrogens with two attached hydrogens (primary N) is 1. The Hall–Kier alpha value is -1.35. The van der Waals surface area contributed by atoms with Crippen LogP contribution < -0.4 is 5.73 Å². The highest BCUT2D eigenvalue weighted by Crippen LogP contribution is 2.15. The van der Waals surface area contributed by atoms with E-state index in [1.165, 1.54) is 38.9 Å². The van der Waals surface area contributed by atoms with Gasteiger partial charge in [-0.15, -0.1) is 0 Å². The summed E-state index contributed by atoms with van der Waals surface area (Å²) in [6, 6.07) is 7.35. The van der Waals surface area contributed by atoms with E-state index in [4.69, 9.17) is 5.73 Å². The molecule has 0 unspecified atom stereocenters. The van der Waals surface area contributed by atoms with Crippen LogP contribution in [0, 0.1) is 6.42 Å². The van der Waals surface area contributed by atoms with E-state index >= 15 is 0 Å².